The van der Waals surface area contributed by atoms with Crippen molar-refractivity contribution < 1.29 is 18.3 Å². The monoisotopic (exact) mass is 313 g/mol. The summed E-state index contributed by atoms with van der Waals surface area (Å²) in [5.41, 5.74) is 0.762. The smallest absolute Gasteiger partial charge is 0.305 e. The maximum absolute atomic E-state index is 12.6. The zero-order valence-corrected chi connectivity index (χ0v) is 13.1. The van der Waals surface area contributed by atoms with Gasteiger partial charge in [0.2, 0.25) is 10.0 Å². The summed E-state index contributed by atoms with van der Waals surface area (Å²) in [6.45, 7) is 5.26. The van der Waals surface area contributed by atoms with E-state index in [1.54, 1.807) is 20.8 Å². The molecule has 1 N–H and O–H groups in total. The summed E-state index contributed by atoms with van der Waals surface area (Å²) in [6, 6.07) is 0. The van der Waals surface area contributed by atoms with Crippen LogP contribution in [0, 0.1) is 26.2 Å². The van der Waals surface area contributed by atoms with Crippen LogP contribution in [0.1, 0.15) is 24.7 Å². The third-order valence-corrected chi connectivity index (χ3v) is 5.24. The molecule has 0 aromatic carbocycles. The Kier molecular flexibility index (Phi) is 5.52. The average Bonchev–Trinajstić information content (AvgIpc) is 2.68. The molecule has 0 atom stereocenters. The zero-order chi connectivity index (χ0) is 16.2. The fourth-order valence-electron chi connectivity index (χ4n) is 2.07. The first-order valence-corrected chi connectivity index (χ1v) is 7.89. The number of sulfonamides is 1. The van der Waals surface area contributed by atoms with Gasteiger partial charge in [-0.15, -0.1) is 6.42 Å². The molecule has 116 valence electrons. The maximum atomic E-state index is 12.6. The van der Waals surface area contributed by atoms with Crippen molar-refractivity contribution in [1.29, 1.82) is 0 Å². The van der Waals surface area contributed by atoms with Gasteiger partial charge in [-0.2, -0.15) is 9.40 Å². The molecule has 0 aliphatic rings. The predicted molar refractivity (Wildman–Crippen MR) is 77.2 cm³/mol. The maximum Gasteiger partial charge on any atom is 0.305 e. The van der Waals surface area contributed by atoms with Crippen LogP contribution < -0.4 is 0 Å². The Labute approximate surface area is 124 Å². The molecule has 7 nitrogen and oxygen atoms in total. The number of terminal acetylenes is 1. The summed E-state index contributed by atoms with van der Waals surface area (Å²) in [4.78, 5) is 10.7. The molecule has 0 bridgehead atoms. The van der Waals surface area contributed by atoms with Crippen molar-refractivity contribution in [2.24, 2.45) is 0 Å². The molecule has 0 amide bonds. The number of carboxylic acids is 1. The third kappa shape index (κ3) is 3.62. The van der Waals surface area contributed by atoms with Crippen LogP contribution >= 0.6 is 0 Å². The number of nitrogens with zero attached hydrogens (tertiary/aromatic N) is 3. The number of aliphatic carboxylic acids is 1. The lowest BCUT2D eigenvalue weighted by molar-refractivity contribution is -0.137. The molecule has 8 heteroatoms. The van der Waals surface area contributed by atoms with Gasteiger partial charge in [-0.05, 0) is 13.8 Å². The van der Waals surface area contributed by atoms with E-state index in [4.69, 9.17) is 11.5 Å². The summed E-state index contributed by atoms with van der Waals surface area (Å²) >= 11 is 0. The minimum atomic E-state index is -3.73. The van der Waals surface area contributed by atoms with Gasteiger partial charge in [0.1, 0.15) is 4.90 Å². The first-order chi connectivity index (χ1) is 9.75. The zero-order valence-electron chi connectivity index (χ0n) is 12.3. The van der Waals surface area contributed by atoms with Gasteiger partial charge in [0.25, 0.3) is 0 Å². The van der Waals surface area contributed by atoms with Gasteiger partial charge >= 0.3 is 5.97 Å². The van der Waals surface area contributed by atoms with Crippen LogP contribution in [0.3, 0.4) is 0 Å². The Balaban J connectivity index is 3.25. The quantitative estimate of drug-likeness (QED) is 0.745. The molecule has 1 aromatic heterocycles. The summed E-state index contributed by atoms with van der Waals surface area (Å²) in [5.74, 6) is 1.36. The van der Waals surface area contributed by atoms with Crippen LogP contribution in [0.25, 0.3) is 0 Å². The highest BCUT2D eigenvalue weighted by Crippen LogP contribution is 2.23. The largest absolute Gasteiger partial charge is 0.481 e. The van der Waals surface area contributed by atoms with Crippen molar-refractivity contribution in [2.45, 2.75) is 38.6 Å². The molecular weight excluding hydrogens is 294 g/mol. The number of carboxylic acid groups (broad SMARTS) is 1. The van der Waals surface area contributed by atoms with E-state index >= 15 is 0 Å². The molecule has 21 heavy (non-hydrogen) atoms. The Hall–Kier alpha value is -1.85. The average molecular weight is 313 g/mol. The SMILES string of the molecule is C#CCN(CC)S(=O)(=O)c1c(C)nn(CCC(=O)O)c1C. The van der Waals surface area contributed by atoms with E-state index in [9.17, 15) is 13.2 Å². The number of carbonyl (C=O) groups is 1. The fourth-order valence-corrected chi connectivity index (χ4v) is 3.81. The molecule has 0 fully saturated rings. The van der Waals surface area contributed by atoms with E-state index in [2.05, 4.69) is 11.0 Å². The molecule has 1 aromatic rings. The van der Waals surface area contributed by atoms with E-state index in [1.807, 2.05) is 0 Å². The first kappa shape index (κ1) is 17.2. The number of hydrogen-bond acceptors (Lipinski definition) is 4. The Morgan fingerprint density at radius 3 is 2.57 bits per heavy atom. The highest BCUT2D eigenvalue weighted by molar-refractivity contribution is 7.89. The van der Waals surface area contributed by atoms with Crippen molar-refractivity contribution >= 4 is 16.0 Å². The van der Waals surface area contributed by atoms with Crippen molar-refractivity contribution in [1.82, 2.24) is 14.1 Å². The van der Waals surface area contributed by atoms with Crippen molar-refractivity contribution in [3.63, 3.8) is 0 Å². The molecule has 0 spiro atoms. The molecule has 0 aliphatic carbocycles. The highest BCUT2D eigenvalue weighted by atomic mass is 32.2. The second-order valence-electron chi connectivity index (χ2n) is 4.50. The summed E-state index contributed by atoms with van der Waals surface area (Å²) < 4.78 is 27.8. The molecule has 0 saturated heterocycles. The molecule has 1 rings (SSSR count). The lowest BCUT2D eigenvalue weighted by Crippen LogP contribution is -2.32. The predicted octanol–water partition coefficient (Wildman–Crippen LogP) is 0.618. The number of aryl methyl sites for hydroxylation is 2. The van der Waals surface area contributed by atoms with Crippen molar-refractivity contribution in [3.05, 3.63) is 11.4 Å². The van der Waals surface area contributed by atoms with Gasteiger partial charge < -0.3 is 5.11 Å². The second-order valence-corrected chi connectivity index (χ2v) is 6.38. The van der Waals surface area contributed by atoms with E-state index in [1.165, 1.54) is 8.99 Å². The Bertz CT molecular complexity index is 670. The van der Waals surface area contributed by atoms with Crippen molar-refractivity contribution in [2.75, 3.05) is 13.1 Å². The topological polar surface area (TPSA) is 92.5 Å². The minimum absolute atomic E-state index is 0.0159. The molecular formula is C13H19N3O4S. The van der Waals surface area contributed by atoms with E-state index in [-0.39, 0.29) is 31.0 Å². The first-order valence-electron chi connectivity index (χ1n) is 6.45. The van der Waals surface area contributed by atoms with Gasteiger partial charge in [0.05, 0.1) is 30.9 Å². The molecule has 1 heterocycles. The minimum Gasteiger partial charge on any atom is -0.481 e. The summed E-state index contributed by atoms with van der Waals surface area (Å²) in [7, 11) is -3.73. The molecule has 0 aliphatic heterocycles. The van der Waals surface area contributed by atoms with E-state index in [0.717, 1.165) is 0 Å². The normalized spacial score (nSPS) is 11.6. The Morgan fingerprint density at radius 1 is 1.48 bits per heavy atom. The molecule has 0 radical (unpaired) electrons. The lowest BCUT2D eigenvalue weighted by atomic mass is 10.4. The van der Waals surface area contributed by atoms with Crippen LogP contribution in [0.15, 0.2) is 4.90 Å². The highest BCUT2D eigenvalue weighted by Gasteiger charge is 2.29. The van der Waals surface area contributed by atoms with Crippen LogP contribution in [-0.2, 0) is 21.4 Å². The van der Waals surface area contributed by atoms with Gasteiger partial charge in [-0.3, -0.25) is 9.48 Å². The van der Waals surface area contributed by atoms with Gasteiger partial charge in [0, 0.05) is 6.54 Å². The van der Waals surface area contributed by atoms with Gasteiger partial charge in [-0.1, -0.05) is 12.8 Å². The Morgan fingerprint density at radius 2 is 2.10 bits per heavy atom. The van der Waals surface area contributed by atoms with E-state index in [0.29, 0.717) is 11.4 Å². The fraction of sp³-hybridized carbons (Fsp3) is 0.538. The lowest BCUT2D eigenvalue weighted by Gasteiger charge is -2.18. The van der Waals surface area contributed by atoms with Crippen LogP contribution in [0.5, 0.6) is 0 Å². The second kappa shape index (κ2) is 6.74. The molecule has 0 saturated carbocycles. The van der Waals surface area contributed by atoms with Gasteiger partial charge in [0.15, 0.2) is 0 Å². The van der Waals surface area contributed by atoms with E-state index < -0.39 is 16.0 Å². The number of hydrogen-bond donors (Lipinski definition) is 1. The van der Waals surface area contributed by atoms with Crippen molar-refractivity contribution in [3.8, 4) is 12.3 Å². The van der Waals surface area contributed by atoms with Crippen LogP contribution in [0.2, 0.25) is 0 Å². The molecule has 0 unspecified atom stereocenters. The number of aromatic nitrogens is 2. The summed E-state index contributed by atoms with van der Waals surface area (Å²) in [6.07, 6.45) is 5.08. The van der Waals surface area contributed by atoms with Crippen LogP contribution in [-0.4, -0.2) is 46.7 Å². The third-order valence-electron chi connectivity index (χ3n) is 3.07. The standard InChI is InChI=1S/C13H19N3O4S/c1-5-8-15(6-2)21(19,20)13-10(3)14-16(11(13)4)9-7-12(17)18/h1H,6-9H2,2-4H3,(H,17,18). The van der Waals surface area contributed by atoms with Crippen LogP contribution in [0.4, 0.5) is 0 Å². The number of rotatable bonds is 7. The summed E-state index contributed by atoms with van der Waals surface area (Å²) in [5, 5.41) is 12.8. The van der Waals surface area contributed by atoms with Gasteiger partial charge in [-0.25, -0.2) is 8.42 Å².